The van der Waals surface area contributed by atoms with Gasteiger partial charge in [0, 0.05) is 24.0 Å². The number of rotatable bonds is 4. The third kappa shape index (κ3) is 3.56. The number of fused-ring (bicyclic) bond motifs is 1. The van der Waals surface area contributed by atoms with Crippen molar-refractivity contribution < 1.29 is 14.0 Å². The van der Waals surface area contributed by atoms with Crippen molar-refractivity contribution in [2.45, 2.75) is 32.4 Å². The van der Waals surface area contributed by atoms with E-state index in [0.29, 0.717) is 18.7 Å². The molecule has 4 rings (SSSR count). The second kappa shape index (κ2) is 8.45. The Labute approximate surface area is 176 Å². The predicted molar refractivity (Wildman–Crippen MR) is 117 cm³/mol. The van der Waals surface area contributed by atoms with Crippen LogP contribution in [-0.2, 0) is 0 Å². The molecule has 6 heteroatoms. The molecule has 1 aliphatic rings. The van der Waals surface area contributed by atoms with Crippen LogP contribution in [0.15, 0.2) is 77.4 Å². The molecule has 1 N–H and O–H groups in total. The van der Waals surface area contributed by atoms with E-state index in [9.17, 15) is 9.59 Å². The monoisotopic (exact) mass is 403 g/mol. The number of para-hydroxylation sites is 2. The highest BCUT2D eigenvalue weighted by Crippen LogP contribution is 2.42. The van der Waals surface area contributed by atoms with Gasteiger partial charge in [0.2, 0.25) is 0 Å². The number of benzene rings is 2. The number of carbonyl (C=O) groups excluding carboxylic acids is 2. The Balaban J connectivity index is 1.79. The number of nitrogens with zero attached hydrogens (tertiary/aromatic N) is 2. The predicted octanol–water partition coefficient (Wildman–Crippen LogP) is 5.00. The van der Waals surface area contributed by atoms with Crippen molar-refractivity contribution >= 4 is 23.3 Å². The molecule has 3 amide bonds. The Kier molecular flexibility index (Phi) is 5.57. The molecular formula is C24H25N3O3. The van der Waals surface area contributed by atoms with Crippen LogP contribution in [-0.4, -0.2) is 24.5 Å². The number of furan rings is 1. The SMILES string of the molecule is CCNC(=O)N(c1ccccc1)C1CC(C)N(C(=O)c2ccco2)c2ccccc21. The van der Waals surface area contributed by atoms with E-state index in [2.05, 4.69) is 5.32 Å². The summed E-state index contributed by atoms with van der Waals surface area (Å²) in [5.74, 6) is 0.126. The number of carbonyl (C=O) groups is 2. The smallest absolute Gasteiger partial charge is 0.322 e. The Morgan fingerprint density at radius 3 is 2.50 bits per heavy atom. The van der Waals surface area contributed by atoms with E-state index in [-0.39, 0.29) is 24.0 Å². The number of anilines is 2. The number of nitrogens with one attached hydrogen (secondary N) is 1. The van der Waals surface area contributed by atoms with Gasteiger partial charge in [-0.25, -0.2) is 4.79 Å². The van der Waals surface area contributed by atoms with Crippen LogP contribution < -0.4 is 15.1 Å². The fourth-order valence-electron chi connectivity index (χ4n) is 4.12. The lowest BCUT2D eigenvalue weighted by molar-refractivity contribution is 0.0946. The van der Waals surface area contributed by atoms with Crippen LogP contribution in [0.5, 0.6) is 0 Å². The maximum atomic E-state index is 13.2. The molecule has 6 nitrogen and oxygen atoms in total. The van der Waals surface area contributed by atoms with Gasteiger partial charge in [0.15, 0.2) is 5.76 Å². The van der Waals surface area contributed by atoms with Gasteiger partial charge in [-0.2, -0.15) is 0 Å². The molecule has 0 fully saturated rings. The van der Waals surface area contributed by atoms with Crippen molar-refractivity contribution in [3.8, 4) is 0 Å². The summed E-state index contributed by atoms with van der Waals surface area (Å²) in [6.45, 7) is 4.45. The standard InChI is InChI=1S/C24H25N3O3/c1-3-25-24(29)27(18-10-5-4-6-11-18)21-16-17(2)26(20-13-8-7-12-19(20)21)23(28)22-14-9-15-30-22/h4-15,17,21H,3,16H2,1-2H3,(H,25,29). The summed E-state index contributed by atoms with van der Waals surface area (Å²) in [4.78, 5) is 29.8. The molecular weight excluding hydrogens is 378 g/mol. The van der Waals surface area contributed by atoms with Crippen LogP contribution in [0.1, 0.15) is 42.4 Å². The molecule has 0 spiro atoms. The van der Waals surface area contributed by atoms with E-state index in [1.165, 1.54) is 6.26 Å². The van der Waals surface area contributed by atoms with Crippen molar-refractivity contribution in [1.29, 1.82) is 0 Å². The Hall–Kier alpha value is -3.54. The summed E-state index contributed by atoms with van der Waals surface area (Å²) in [7, 11) is 0. The van der Waals surface area contributed by atoms with Crippen molar-refractivity contribution in [1.82, 2.24) is 5.32 Å². The molecule has 2 aromatic carbocycles. The van der Waals surface area contributed by atoms with E-state index in [1.54, 1.807) is 21.9 Å². The summed E-state index contributed by atoms with van der Waals surface area (Å²) < 4.78 is 5.36. The summed E-state index contributed by atoms with van der Waals surface area (Å²) >= 11 is 0. The van der Waals surface area contributed by atoms with Crippen LogP contribution >= 0.6 is 0 Å². The minimum absolute atomic E-state index is 0.122. The molecule has 2 unspecified atom stereocenters. The lowest BCUT2D eigenvalue weighted by Crippen LogP contribution is -2.49. The maximum absolute atomic E-state index is 13.2. The average molecular weight is 403 g/mol. The molecule has 0 bridgehead atoms. The quantitative estimate of drug-likeness (QED) is 0.667. The third-order valence-electron chi connectivity index (χ3n) is 5.40. The van der Waals surface area contributed by atoms with Crippen molar-refractivity contribution in [3.63, 3.8) is 0 Å². The Morgan fingerprint density at radius 2 is 1.80 bits per heavy atom. The molecule has 1 aliphatic heterocycles. The maximum Gasteiger partial charge on any atom is 0.322 e. The van der Waals surface area contributed by atoms with Gasteiger partial charge >= 0.3 is 6.03 Å². The summed E-state index contributed by atoms with van der Waals surface area (Å²) in [6.07, 6.45) is 2.11. The van der Waals surface area contributed by atoms with Gasteiger partial charge in [0.05, 0.1) is 12.3 Å². The average Bonchev–Trinajstić information content (AvgIpc) is 3.30. The fraction of sp³-hybridized carbons (Fsp3) is 0.250. The van der Waals surface area contributed by atoms with Crippen LogP contribution in [0.4, 0.5) is 16.2 Å². The van der Waals surface area contributed by atoms with E-state index in [1.807, 2.05) is 68.4 Å². The Morgan fingerprint density at radius 1 is 1.07 bits per heavy atom. The van der Waals surface area contributed by atoms with E-state index in [0.717, 1.165) is 16.9 Å². The molecule has 2 heterocycles. The van der Waals surface area contributed by atoms with E-state index < -0.39 is 0 Å². The van der Waals surface area contributed by atoms with Crippen LogP contribution in [0.3, 0.4) is 0 Å². The molecule has 154 valence electrons. The third-order valence-corrected chi connectivity index (χ3v) is 5.40. The normalized spacial score (nSPS) is 17.9. The molecule has 0 aliphatic carbocycles. The minimum atomic E-state index is -0.203. The number of hydrogen-bond donors (Lipinski definition) is 1. The highest BCUT2D eigenvalue weighted by atomic mass is 16.3. The molecule has 1 aromatic heterocycles. The molecule has 0 radical (unpaired) electrons. The molecule has 2 atom stereocenters. The zero-order chi connectivity index (χ0) is 21.1. The summed E-state index contributed by atoms with van der Waals surface area (Å²) in [6, 6.07) is 20.3. The van der Waals surface area contributed by atoms with Gasteiger partial charge in [-0.15, -0.1) is 0 Å². The van der Waals surface area contributed by atoms with Gasteiger partial charge in [-0.1, -0.05) is 36.4 Å². The second-order valence-electron chi connectivity index (χ2n) is 7.35. The van der Waals surface area contributed by atoms with Crippen LogP contribution in [0.25, 0.3) is 0 Å². The number of hydrogen-bond acceptors (Lipinski definition) is 3. The van der Waals surface area contributed by atoms with E-state index >= 15 is 0 Å². The molecule has 3 aromatic rings. The van der Waals surface area contributed by atoms with Gasteiger partial charge < -0.3 is 14.6 Å². The van der Waals surface area contributed by atoms with Crippen molar-refractivity contribution in [2.75, 3.05) is 16.3 Å². The first-order chi connectivity index (χ1) is 14.6. The van der Waals surface area contributed by atoms with Crippen LogP contribution in [0, 0.1) is 0 Å². The molecule has 30 heavy (non-hydrogen) atoms. The van der Waals surface area contributed by atoms with E-state index in [4.69, 9.17) is 4.42 Å². The highest BCUT2D eigenvalue weighted by molar-refractivity contribution is 6.06. The lowest BCUT2D eigenvalue weighted by Gasteiger charge is -2.43. The van der Waals surface area contributed by atoms with Gasteiger partial charge in [0.1, 0.15) is 0 Å². The zero-order valence-electron chi connectivity index (χ0n) is 17.1. The first-order valence-corrected chi connectivity index (χ1v) is 10.2. The van der Waals surface area contributed by atoms with Crippen molar-refractivity contribution in [3.05, 3.63) is 84.3 Å². The summed E-state index contributed by atoms with van der Waals surface area (Å²) in [5.41, 5.74) is 2.56. The van der Waals surface area contributed by atoms with Gasteiger partial charge in [-0.05, 0) is 56.2 Å². The lowest BCUT2D eigenvalue weighted by atomic mass is 9.90. The fourth-order valence-corrected chi connectivity index (χ4v) is 4.12. The number of amides is 3. The molecule has 0 saturated heterocycles. The van der Waals surface area contributed by atoms with Gasteiger partial charge in [-0.3, -0.25) is 9.69 Å². The largest absolute Gasteiger partial charge is 0.459 e. The second-order valence-corrected chi connectivity index (χ2v) is 7.35. The van der Waals surface area contributed by atoms with Gasteiger partial charge in [0.25, 0.3) is 5.91 Å². The highest BCUT2D eigenvalue weighted by Gasteiger charge is 2.39. The van der Waals surface area contributed by atoms with Crippen LogP contribution in [0.2, 0.25) is 0 Å². The minimum Gasteiger partial charge on any atom is -0.459 e. The molecule has 0 saturated carbocycles. The zero-order valence-corrected chi connectivity index (χ0v) is 17.1. The number of urea groups is 1. The Bertz CT molecular complexity index is 1020. The topological polar surface area (TPSA) is 65.8 Å². The van der Waals surface area contributed by atoms with Crippen molar-refractivity contribution in [2.24, 2.45) is 0 Å². The summed E-state index contributed by atoms with van der Waals surface area (Å²) in [5, 5.41) is 2.93. The first kappa shape index (κ1) is 19.8. The first-order valence-electron chi connectivity index (χ1n) is 10.2.